The largest absolute Gasteiger partial charge is 0.447 e. The van der Waals surface area contributed by atoms with E-state index in [1.165, 1.54) is 36.3 Å². The molecular weight excluding hydrogens is 621 g/mol. The van der Waals surface area contributed by atoms with Gasteiger partial charge in [-0.25, -0.2) is 9.78 Å². The van der Waals surface area contributed by atoms with E-state index in [1.54, 1.807) is 29.9 Å². The van der Waals surface area contributed by atoms with Crippen molar-refractivity contribution in [1.82, 2.24) is 40.1 Å². The molecule has 16 heteroatoms. The number of pyridine rings is 1. The number of nitrogens with zero attached hydrogens (tertiary/aromatic N) is 7. The smallest absolute Gasteiger partial charge is 0.412 e. The normalized spacial score (nSPS) is 14.5. The van der Waals surface area contributed by atoms with Crippen molar-refractivity contribution in [2.45, 2.75) is 18.9 Å². The van der Waals surface area contributed by atoms with Crippen LogP contribution in [0.3, 0.4) is 0 Å². The molecule has 1 aromatic carbocycles. The number of allylic oxidation sites excluding steroid dienone is 2. The summed E-state index contributed by atoms with van der Waals surface area (Å²) in [6, 6.07) is 8.13. The topological polar surface area (TPSA) is 163 Å². The summed E-state index contributed by atoms with van der Waals surface area (Å²) in [5.41, 5.74) is 2.66. The molecule has 1 amide bonds. The number of amidine groups is 1. The molecule has 3 aromatic heterocycles. The Kier molecular flexibility index (Phi) is 10.5. The van der Waals surface area contributed by atoms with E-state index in [4.69, 9.17) is 25.8 Å². The van der Waals surface area contributed by atoms with Crippen LogP contribution >= 0.6 is 11.6 Å². The zero-order valence-electron chi connectivity index (χ0n) is 25.1. The third-order valence-corrected chi connectivity index (χ3v) is 7.34. The number of rotatable bonds is 12. The predicted octanol–water partition coefficient (Wildman–Crippen LogP) is 3.53. The summed E-state index contributed by atoms with van der Waals surface area (Å²) >= 11 is 6.30. The Morgan fingerprint density at radius 2 is 2.07 bits per heavy atom. The van der Waals surface area contributed by atoms with E-state index in [0.717, 1.165) is 5.69 Å². The minimum atomic E-state index is -0.727. The standard InChI is InChI=1S/C30H31ClFN9O5/c1-18(4-9-25(33-2)35-30(43)46-13-12-45-11-10-44-3)27-28(32)37-29(36-27)24-8-6-21-14-19(15-26(42)41(21)24)22-16-20(31)5-7-23(22)40-17-34-38-39-40/h4-5,7,9,14-17,24H,1,6,8,10-13H2,2-3H3,(H,36,37)(H,33,35,43)/b9-4-. The van der Waals surface area contributed by atoms with Gasteiger partial charge in [0.25, 0.3) is 5.56 Å². The molecule has 0 saturated carbocycles. The number of aromatic nitrogens is 7. The summed E-state index contributed by atoms with van der Waals surface area (Å²) in [5.74, 6) is -0.257. The van der Waals surface area contributed by atoms with Gasteiger partial charge in [-0.1, -0.05) is 18.2 Å². The lowest BCUT2D eigenvalue weighted by molar-refractivity contribution is 0.0430. The van der Waals surface area contributed by atoms with E-state index in [0.29, 0.717) is 47.9 Å². The molecule has 14 nitrogen and oxygen atoms in total. The number of aromatic amines is 1. The first kappa shape index (κ1) is 32.4. The van der Waals surface area contributed by atoms with Gasteiger partial charge in [0.2, 0.25) is 5.95 Å². The van der Waals surface area contributed by atoms with Gasteiger partial charge >= 0.3 is 6.09 Å². The van der Waals surface area contributed by atoms with E-state index < -0.39 is 18.1 Å². The molecule has 0 radical (unpaired) electrons. The quantitative estimate of drug-likeness (QED) is 0.101. The monoisotopic (exact) mass is 651 g/mol. The Labute approximate surface area is 267 Å². The molecule has 4 aromatic rings. The molecule has 1 atom stereocenters. The van der Waals surface area contributed by atoms with Crippen LogP contribution in [-0.4, -0.2) is 87.3 Å². The summed E-state index contributed by atoms with van der Waals surface area (Å²) in [6.07, 6.45) is 4.73. The van der Waals surface area contributed by atoms with Crippen LogP contribution in [0, 0.1) is 5.95 Å². The summed E-state index contributed by atoms with van der Waals surface area (Å²) in [7, 11) is 3.04. The van der Waals surface area contributed by atoms with Crippen LogP contribution in [0.5, 0.6) is 0 Å². The molecular formula is C30H31ClFN9O5. The number of carbonyl (C=O) groups excluding carboxylic acids is 1. The Balaban J connectivity index is 1.28. The number of fused-ring (bicyclic) bond motifs is 1. The van der Waals surface area contributed by atoms with Crippen molar-refractivity contribution in [1.29, 1.82) is 0 Å². The van der Waals surface area contributed by atoms with Gasteiger partial charge in [0.1, 0.15) is 30.3 Å². The molecule has 0 fully saturated rings. The van der Waals surface area contributed by atoms with Crippen LogP contribution in [0.15, 0.2) is 65.2 Å². The molecule has 0 bridgehead atoms. The molecule has 1 unspecified atom stereocenters. The van der Waals surface area contributed by atoms with Crippen LogP contribution < -0.4 is 10.9 Å². The lowest BCUT2D eigenvalue weighted by atomic mass is 10.0. The molecule has 2 N–H and O–H groups in total. The Morgan fingerprint density at radius 3 is 2.83 bits per heavy atom. The number of aryl methyl sites for hydroxylation is 1. The number of hydrogen-bond donors (Lipinski definition) is 2. The van der Waals surface area contributed by atoms with Crippen LogP contribution in [0.1, 0.15) is 29.7 Å². The average Bonchev–Trinajstić information content (AvgIpc) is 3.81. The molecule has 0 saturated heterocycles. The fraction of sp³-hybridized carbons (Fsp3) is 0.300. The van der Waals surface area contributed by atoms with Gasteiger partial charge in [-0.05, 0) is 70.8 Å². The Hall–Kier alpha value is -4.99. The van der Waals surface area contributed by atoms with Crippen molar-refractivity contribution in [2.24, 2.45) is 4.99 Å². The molecule has 240 valence electrons. The predicted molar refractivity (Wildman–Crippen MR) is 168 cm³/mol. The number of tetrazole rings is 1. The zero-order chi connectivity index (χ0) is 32.6. The summed E-state index contributed by atoms with van der Waals surface area (Å²) in [4.78, 5) is 36.7. The zero-order valence-corrected chi connectivity index (χ0v) is 25.8. The molecule has 0 aliphatic carbocycles. The van der Waals surface area contributed by atoms with E-state index in [-0.39, 0.29) is 41.7 Å². The van der Waals surface area contributed by atoms with E-state index >= 15 is 4.39 Å². The van der Waals surface area contributed by atoms with Crippen molar-refractivity contribution in [3.8, 4) is 16.8 Å². The number of amides is 1. The molecule has 46 heavy (non-hydrogen) atoms. The first-order valence-electron chi connectivity index (χ1n) is 14.2. The Bertz CT molecular complexity index is 1830. The maximum Gasteiger partial charge on any atom is 0.412 e. The highest BCUT2D eigenvalue weighted by atomic mass is 35.5. The van der Waals surface area contributed by atoms with Crippen LogP contribution in [0.4, 0.5) is 9.18 Å². The maximum absolute atomic E-state index is 15.1. The first-order chi connectivity index (χ1) is 22.3. The number of nitrogens with one attached hydrogen (secondary N) is 2. The number of benzene rings is 1. The molecule has 5 rings (SSSR count). The number of H-pyrrole nitrogens is 1. The lowest BCUT2D eigenvalue weighted by Crippen LogP contribution is -2.30. The molecule has 1 aliphatic heterocycles. The molecule has 1 aliphatic rings. The summed E-state index contributed by atoms with van der Waals surface area (Å²) in [5, 5.41) is 14.3. The van der Waals surface area contributed by atoms with Gasteiger partial charge in [0.05, 0.1) is 31.5 Å². The number of hydrogen-bond acceptors (Lipinski definition) is 10. The van der Waals surface area contributed by atoms with Crippen molar-refractivity contribution in [2.75, 3.05) is 40.6 Å². The van der Waals surface area contributed by atoms with Crippen molar-refractivity contribution >= 4 is 29.1 Å². The number of aliphatic imine (C=N–C) groups is 1. The molecule has 0 spiro atoms. The van der Waals surface area contributed by atoms with Gasteiger partial charge < -0.3 is 23.8 Å². The number of alkyl carbamates (subject to hydrolysis) is 1. The van der Waals surface area contributed by atoms with E-state index in [9.17, 15) is 9.59 Å². The first-order valence-corrected chi connectivity index (χ1v) is 14.6. The fourth-order valence-corrected chi connectivity index (χ4v) is 5.14. The number of halogens is 2. The minimum Gasteiger partial charge on any atom is -0.447 e. The van der Waals surface area contributed by atoms with Gasteiger partial charge in [-0.15, -0.1) is 5.10 Å². The Morgan fingerprint density at radius 1 is 1.24 bits per heavy atom. The van der Waals surface area contributed by atoms with Crippen LogP contribution in [0.25, 0.3) is 22.4 Å². The highest BCUT2D eigenvalue weighted by Crippen LogP contribution is 2.34. The highest BCUT2D eigenvalue weighted by Gasteiger charge is 2.29. The third-order valence-electron chi connectivity index (χ3n) is 7.10. The van der Waals surface area contributed by atoms with Gasteiger partial charge in [0, 0.05) is 36.5 Å². The number of imidazole rings is 1. The third kappa shape index (κ3) is 7.44. The molecule has 4 heterocycles. The van der Waals surface area contributed by atoms with Gasteiger partial charge in [-0.2, -0.15) is 9.07 Å². The van der Waals surface area contributed by atoms with E-state index in [2.05, 4.69) is 42.4 Å². The van der Waals surface area contributed by atoms with Crippen molar-refractivity contribution in [3.05, 3.63) is 93.9 Å². The van der Waals surface area contributed by atoms with Crippen LogP contribution in [-0.2, 0) is 20.6 Å². The fourth-order valence-electron chi connectivity index (χ4n) is 4.97. The lowest BCUT2D eigenvalue weighted by Gasteiger charge is -2.14. The number of ether oxygens (including phenoxy) is 3. The minimum absolute atomic E-state index is 0.0272. The van der Waals surface area contributed by atoms with Crippen LogP contribution in [0.2, 0.25) is 5.02 Å². The van der Waals surface area contributed by atoms with E-state index in [1.807, 2.05) is 6.07 Å². The number of carbonyl (C=O) groups is 1. The number of methoxy groups -OCH3 is 1. The second-order valence-electron chi connectivity index (χ2n) is 10.0. The second-order valence-corrected chi connectivity index (χ2v) is 10.5. The van der Waals surface area contributed by atoms with Crippen molar-refractivity contribution in [3.63, 3.8) is 0 Å². The summed E-state index contributed by atoms with van der Waals surface area (Å²) in [6.45, 7) is 4.99. The summed E-state index contributed by atoms with van der Waals surface area (Å²) < 4.78 is 33.4. The van der Waals surface area contributed by atoms with Gasteiger partial charge in [0.15, 0.2) is 0 Å². The highest BCUT2D eigenvalue weighted by molar-refractivity contribution is 6.31. The maximum atomic E-state index is 15.1. The van der Waals surface area contributed by atoms with Crippen molar-refractivity contribution < 1.29 is 23.4 Å². The average molecular weight is 652 g/mol. The SMILES string of the molecule is C=C(/C=C\C(=NC)NC(=O)OCCOCCOC)c1nc(C2CCc3cc(-c4cc(Cl)ccc4-n4cnnn4)cc(=O)n32)[nH]c1F. The van der Waals surface area contributed by atoms with Gasteiger partial charge in [-0.3, -0.25) is 15.1 Å². The second kappa shape index (κ2) is 14.9.